The highest BCUT2D eigenvalue weighted by Crippen LogP contribution is 2.40. The maximum absolute atomic E-state index is 11.8. The molecule has 110 valence electrons. The molecule has 1 aromatic carbocycles. The molecule has 0 spiro atoms. The van der Waals surface area contributed by atoms with Crippen molar-refractivity contribution in [2.45, 2.75) is 39.7 Å². The Bertz CT molecular complexity index is 511. The van der Waals surface area contributed by atoms with E-state index in [1.54, 1.807) is 20.1 Å². The molecule has 0 saturated heterocycles. The number of rotatable bonds is 3. The highest BCUT2D eigenvalue weighted by Gasteiger charge is 2.30. The second kappa shape index (κ2) is 5.73. The molecule has 1 heterocycles. The topological polar surface area (TPSA) is 49.8 Å². The number of amides is 1. The fourth-order valence-electron chi connectivity index (χ4n) is 2.96. The van der Waals surface area contributed by atoms with Crippen molar-refractivity contribution in [2.75, 3.05) is 13.7 Å². The monoisotopic (exact) mass is 277 g/mol. The van der Waals surface area contributed by atoms with Crippen LogP contribution in [0.1, 0.15) is 44.4 Å². The van der Waals surface area contributed by atoms with Gasteiger partial charge in [-0.25, -0.2) is 0 Å². The summed E-state index contributed by atoms with van der Waals surface area (Å²) in [6, 6.07) is 3.71. The average Bonchev–Trinajstić information content (AvgIpc) is 2.37. The van der Waals surface area contributed by atoms with Gasteiger partial charge in [-0.3, -0.25) is 4.79 Å². The summed E-state index contributed by atoms with van der Waals surface area (Å²) < 4.78 is 5.17. The van der Waals surface area contributed by atoms with Gasteiger partial charge in [0.05, 0.1) is 13.2 Å². The Morgan fingerprint density at radius 3 is 2.75 bits per heavy atom. The molecule has 20 heavy (non-hydrogen) atoms. The number of benzene rings is 1. The van der Waals surface area contributed by atoms with Gasteiger partial charge in [0.2, 0.25) is 5.91 Å². The van der Waals surface area contributed by atoms with E-state index >= 15 is 0 Å². The van der Waals surface area contributed by atoms with Crippen LogP contribution in [-0.4, -0.2) is 29.6 Å². The predicted molar refractivity (Wildman–Crippen MR) is 77.9 cm³/mol. The molecule has 1 amide bonds. The molecular weight excluding hydrogens is 254 g/mol. The zero-order valence-electron chi connectivity index (χ0n) is 12.6. The number of hydrogen-bond acceptors (Lipinski definition) is 3. The first kappa shape index (κ1) is 14.7. The quantitative estimate of drug-likeness (QED) is 0.924. The standard InChI is InChI=1S/C16H23NO3/c1-10(2)7-14-13-9-15(19)16(20-4)8-12(13)5-6-17(14)11(3)18/h8-10,14,19H,5-7H2,1-4H3. The molecule has 0 aliphatic carbocycles. The van der Waals surface area contributed by atoms with Gasteiger partial charge in [-0.1, -0.05) is 13.8 Å². The van der Waals surface area contributed by atoms with E-state index in [9.17, 15) is 9.90 Å². The zero-order chi connectivity index (χ0) is 14.9. The number of aromatic hydroxyl groups is 1. The molecule has 1 aliphatic rings. The Morgan fingerprint density at radius 2 is 2.20 bits per heavy atom. The first-order valence-corrected chi connectivity index (χ1v) is 7.11. The molecule has 2 rings (SSSR count). The minimum absolute atomic E-state index is 0.0491. The van der Waals surface area contributed by atoms with Crippen LogP contribution in [0, 0.1) is 5.92 Å². The Labute approximate surface area is 120 Å². The molecule has 4 nitrogen and oxygen atoms in total. The van der Waals surface area contributed by atoms with E-state index in [-0.39, 0.29) is 17.7 Å². The van der Waals surface area contributed by atoms with Crippen LogP contribution in [0.2, 0.25) is 0 Å². The van der Waals surface area contributed by atoms with Gasteiger partial charge in [-0.15, -0.1) is 0 Å². The van der Waals surface area contributed by atoms with Crippen LogP contribution < -0.4 is 4.74 Å². The summed E-state index contributed by atoms with van der Waals surface area (Å²) in [5.41, 5.74) is 2.22. The molecule has 0 fully saturated rings. The normalized spacial score (nSPS) is 18.1. The molecule has 0 bridgehead atoms. The van der Waals surface area contributed by atoms with Crippen LogP contribution in [0.25, 0.3) is 0 Å². The van der Waals surface area contributed by atoms with Gasteiger partial charge in [0, 0.05) is 13.5 Å². The van der Waals surface area contributed by atoms with Gasteiger partial charge in [0.25, 0.3) is 0 Å². The molecule has 1 unspecified atom stereocenters. The van der Waals surface area contributed by atoms with Crippen molar-refractivity contribution in [3.05, 3.63) is 23.3 Å². The number of carbonyl (C=O) groups is 1. The maximum atomic E-state index is 11.8. The maximum Gasteiger partial charge on any atom is 0.219 e. The minimum Gasteiger partial charge on any atom is -0.504 e. The molecular formula is C16H23NO3. The minimum atomic E-state index is 0.0491. The van der Waals surface area contributed by atoms with Crippen molar-refractivity contribution in [3.8, 4) is 11.5 Å². The fraction of sp³-hybridized carbons (Fsp3) is 0.562. The summed E-state index contributed by atoms with van der Waals surface area (Å²) in [6.07, 6.45) is 1.71. The number of ether oxygens (including phenoxy) is 1. The molecule has 4 heteroatoms. The molecule has 1 aromatic rings. The lowest BCUT2D eigenvalue weighted by molar-refractivity contribution is -0.132. The van der Waals surface area contributed by atoms with Crippen molar-refractivity contribution in [3.63, 3.8) is 0 Å². The van der Waals surface area contributed by atoms with E-state index in [1.165, 1.54) is 5.56 Å². The van der Waals surface area contributed by atoms with Crippen molar-refractivity contribution >= 4 is 5.91 Å². The van der Waals surface area contributed by atoms with Crippen LogP contribution in [-0.2, 0) is 11.2 Å². The third-order valence-electron chi connectivity index (χ3n) is 3.90. The summed E-state index contributed by atoms with van der Waals surface area (Å²) >= 11 is 0. The number of carbonyl (C=O) groups excluding carboxylic acids is 1. The van der Waals surface area contributed by atoms with Crippen molar-refractivity contribution < 1.29 is 14.6 Å². The van der Waals surface area contributed by atoms with Crippen LogP contribution in [0.5, 0.6) is 11.5 Å². The first-order chi connectivity index (χ1) is 9.43. The summed E-state index contributed by atoms with van der Waals surface area (Å²) in [5, 5.41) is 10.0. The summed E-state index contributed by atoms with van der Waals surface area (Å²) in [7, 11) is 1.55. The SMILES string of the molecule is COc1cc2c(cc1O)C(CC(C)C)N(C(C)=O)CC2. The molecule has 0 radical (unpaired) electrons. The lowest BCUT2D eigenvalue weighted by atomic mass is 9.87. The Morgan fingerprint density at radius 1 is 1.50 bits per heavy atom. The summed E-state index contributed by atoms with van der Waals surface area (Å²) in [5.74, 6) is 1.22. The second-order valence-electron chi connectivity index (χ2n) is 5.83. The van der Waals surface area contributed by atoms with Gasteiger partial charge in [0.15, 0.2) is 11.5 Å². The number of fused-ring (bicyclic) bond motifs is 1. The third kappa shape index (κ3) is 2.74. The third-order valence-corrected chi connectivity index (χ3v) is 3.90. The molecule has 1 aliphatic heterocycles. The highest BCUT2D eigenvalue weighted by molar-refractivity contribution is 5.74. The highest BCUT2D eigenvalue weighted by atomic mass is 16.5. The summed E-state index contributed by atoms with van der Waals surface area (Å²) in [6.45, 7) is 6.64. The lowest BCUT2D eigenvalue weighted by Crippen LogP contribution is -2.39. The molecule has 1 atom stereocenters. The second-order valence-corrected chi connectivity index (χ2v) is 5.83. The van der Waals surface area contributed by atoms with Crippen molar-refractivity contribution in [2.24, 2.45) is 5.92 Å². The Hall–Kier alpha value is -1.71. The van der Waals surface area contributed by atoms with Crippen molar-refractivity contribution in [1.29, 1.82) is 0 Å². The lowest BCUT2D eigenvalue weighted by Gasteiger charge is -2.38. The zero-order valence-corrected chi connectivity index (χ0v) is 12.6. The average molecular weight is 277 g/mol. The molecule has 0 aromatic heterocycles. The molecule has 0 saturated carbocycles. The fourth-order valence-corrected chi connectivity index (χ4v) is 2.96. The van der Waals surface area contributed by atoms with E-state index in [0.29, 0.717) is 11.7 Å². The number of phenols is 1. The van der Waals surface area contributed by atoms with E-state index in [1.807, 2.05) is 11.0 Å². The van der Waals surface area contributed by atoms with Crippen LogP contribution >= 0.6 is 0 Å². The number of phenolic OH excluding ortho intramolecular Hbond substituents is 1. The molecule has 1 N–H and O–H groups in total. The smallest absolute Gasteiger partial charge is 0.219 e. The summed E-state index contributed by atoms with van der Waals surface area (Å²) in [4.78, 5) is 13.8. The van der Waals surface area contributed by atoms with Gasteiger partial charge in [-0.05, 0) is 42.0 Å². The van der Waals surface area contributed by atoms with Gasteiger partial charge in [-0.2, -0.15) is 0 Å². The Balaban J connectivity index is 2.45. The van der Waals surface area contributed by atoms with E-state index in [2.05, 4.69) is 13.8 Å². The van der Waals surface area contributed by atoms with Gasteiger partial charge >= 0.3 is 0 Å². The van der Waals surface area contributed by atoms with Crippen LogP contribution in [0.4, 0.5) is 0 Å². The van der Waals surface area contributed by atoms with Crippen molar-refractivity contribution in [1.82, 2.24) is 4.90 Å². The number of nitrogens with zero attached hydrogens (tertiary/aromatic N) is 1. The van der Waals surface area contributed by atoms with E-state index in [0.717, 1.165) is 24.9 Å². The largest absolute Gasteiger partial charge is 0.504 e. The van der Waals surface area contributed by atoms with Gasteiger partial charge in [0.1, 0.15) is 0 Å². The van der Waals surface area contributed by atoms with Gasteiger partial charge < -0.3 is 14.7 Å². The van der Waals surface area contributed by atoms with E-state index < -0.39 is 0 Å². The van der Waals surface area contributed by atoms with E-state index in [4.69, 9.17) is 4.74 Å². The number of hydrogen-bond donors (Lipinski definition) is 1. The number of methoxy groups -OCH3 is 1. The van der Waals surface area contributed by atoms with Crippen LogP contribution in [0.15, 0.2) is 12.1 Å². The Kier molecular flexibility index (Phi) is 4.21. The first-order valence-electron chi connectivity index (χ1n) is 7.11. The van der Waals surface area contributed by atoms with Crippen LogP contribution in [0.3, 0.4) is 0 Å². The predicted octanol–water partition coefficient (Wildman–Crippen LogP) is 2.89.